The second kappa shape index (κ2) is 13.5. The Kier molecular flexibility index (Phi) is 10.3. The Balaban J connectivity index is 2.04. The van der Waals surface area contributed by atoms with E-state index in [1.54, 1.807) is 63.4 Å². The fraction of sp³-hybridized carbons (Fsp3) is 0.355. The van der Waals surface area contributed by atoms with E-state index < -0.39 is 28.5 Å². The summed E-state index contributed by atoms with van der Waals surface area (Å²) in [6, 6.07) is 19.9. The molecule has 2 amide bonds. The summed E-state index contributed by atoms with van der Waals surface area (Å²) in [6.07, 6.45) is 0.734. The van der Waals surface area contributed by atoms with Gasteiger partial charge in [-0.05, 0) is 75.6 Å². The minimum Gasteiger partial charge on any atom is -0.497 e. The Labute approximate surface area is 238 Å². The van der Waals surface area contributed by atoms with Crippen molar-refractivity contribution in [2.24, 2.45) is 0 Å². The van der Waals surface area contributed by atoms with E-state index in [0.717, 1.165) is 21.9 Å². The highest BCUT2D eigenvalue weighted by Crippen LogP contribution is 2.27. The first-order valence-corrected chi connectivity index (χ1v) is 14.8. The number of anilines is 1. The number of nitrogens with one attached hydrogen (secondary N) is 1. The average Bonchev–Trinajstić information content (AvgIpc) is 2.94. The lowest BCUT2D eigenvalue weighted by molar-refractivity contribution is -0.139. The topological polar surface area (TPSA) is 96.0 Å². The maximum absolute atomic E-state index is 14.0. The van der Waals surface area contributed by atoms with Crippen molar-refractivity contribution in [3.8, 4) is 5.75 Å². The number of rotatable bonds is 12. The van der Waals surface area contributed by atoms with E-state index in [4.69, 9.17) is 4.74 Å². The number of para-hydroxylation sites is 1. The molecule has 0 bridgehead atoms. The van der Waals surface area contributed by atoms with Crippen LogP contribution < -0.4 is 14.4 Å². The van der Waals surface area contributed by atoms with Gasteiger partial charge in [-0.25, -0.2) is 8.42 Å². The molecule has 0 aliphatic heterocycles. The van der Waals surface area contributed by atoms with Crippen molar-refractivity contribution in [2.75, 3.05) is 18.0 Å². The Morgan fingerprint density at radius 2 is 1.62 bits per heavy atom. The van der Waals surface area contributed by atoms with Crippen molar-refractivity contribution in [1.29, 1.82) is 0 Å². The lowest BCUT2D eigenvalue weighted by Gasteiger charge is -2.33. The molecule has 1 N–H and O–H groups in total. The third-order valence-electron chi connectivity index (χ3n) is 6.93. The Morgan fingerprint density at radius 3 is 2.25 bits per heavy atom. The summed E-state index contributed by atoms with van der Waals surface area (Å²) >= 11 is 0. The molecule has 0 aliphatic rings. The monoisotopic (exact) mass is 565 g/mol. The van der Waals surface area contributed by atoms with Gasteiger partial charge in [0.15, 0.2) is 0 Å². The molecular formula is C31H39N3O5S. The molecule has 0 radical (unpaired) electrons. The van der Waals surface area contributed by atoms with Gasteiger partial charge in [0.25, 0.3) is 10.0 Å². The number of benzene rings is 3. The van der Waals surface area contributed by atoms with Crippen molar-refractivity contribution in [2.45, 2.75) is 64.6 Å². The summed E-state index contributed by atoms with van der Waals surface area (Å²) in [5, 5.41) is 2.94. The number of hydrogen-bond donors (Lipinski definition) is 1. The molecule has 40 heavy (non-hydrogen) atoms. The van der Waals surface area contributed by atoms with Gasteiger partial charge in [0, 0.05) is 12.6 Å². The normalized spacial score (nSPS) is 12.8. The molecule has 2 atom stereocenters. The first-order chi connectivity index (χ1) is 19.0. The van der Waals surface area contributed by atoms with Crippen molar-refractivity contribution >= 4 is 27.5 Å². The summed E-state index contributed by atoms with van der Waals surface area (Å²) in [5.74, 6) is -0.201. The highest BCUT2D eigenvalue weighted by atomic mass is 32.2. The highest BCUT2D eigenvalue weighted by Gasteiger charge is 2.33. The van der Waals surface area contributed by atoms with Crippen LogP contribution in [0, 0.1) is 13.8 Å². The average molecular weight is 566 g/mol. The Hall–Kier alpha value is -3.85. The second-order valence-electron chi connectivity index (χ2n) is 9.98. The zero-order valence-electron chi connectivity index (χ0n) is 24.0. The summed E-state index contributed by atoms with van der Waals surface area (Å²) in [7, 11) is -2.55. The van der Waals surface area contributed by atoms with Crippen LogP contribution in [0.3, 0.4) is 0 Å². The van der Waals surface area contributed by atoms with Gasteiger partial charge in [0.1, 0.15) is 18.3 Å². The van der Waals surface area contributed by atoms with Gasteiger partial charge < -0.3 is 15.0 Å². The van der Waals surface area contributed by atoms with E-state index in [9.17, 15) is 18.0 Å². The van der Waals surface area contributed by atoms with E-state index in [1.807, 2.05) is 39.0 Å². The molecular weight excluding hydrogens is 526 g/mol. The second-order valence-corrected chi connectivity index (χ2v) is 11.8. The highest BCUT2D eigenvalue weighted by molar-refractivity contribution is 7.92. The quantitative estimate of drug-likeness (QED) is 0.339. The van der Waals surface area contributed by atoms with Crippen LogP contribution in [-0.2, 0) is 26.2 Å². The minimum absolute atomic E-state index is 0.0749. The Morgan fingerprint density at radius 1 is 0.950 bits per heavy atom. The van der Waals surface area contributed by atoms with Crippen LogP contribution in [0.5, 0.6) is 5.75 Å². The van der Waals surface area contributed by atoms with Crippen LogP contribution in [0.2, 0.25) is 0 Å². The number of sulfonamides is 1. The number of nitrogens with zero attached hydrogens (tertiary/aromatic N) is 2. The van der Waals surface area contributed by atoms with Crippen LogP contribution in [0.1, 0.15) is 43.9 Å². The molecule has 8 nitrogen and oxygen atoms in total. The molecule has 3 aromatic carbocycles. The SMILES string of the molecule is CC[C@@H](C)NC(=O)[C@@H](C)N(Cc1cccc(OC)c1)C(=O)CN(c1ccccc1C)S(=O)(=O)c1ccc(C)cc1. The van der Waals surface area contributed by atoms with Gasteiger partial charge >= 0.3 is 0 Å². The van der Waals surface area contributed by atoms with Gasteiger partial charge in [-0.1, -0.05) is 55.0 Å². The van der Waals surface area contributed by atoms with Crippen LogP contribution >= 0.6 is 0 Å². The van der Waals surface area contributed by atoms with Crippen LogP contribution in [-0.4, -0.2) is 50.9 Å². The maximum atomic E-state index is 14.0. The number of carbonyl (C=O) groups is 2. The molecule has 0 spiro atoms. The number of ether oxygens (including phenoxy) is 1. The smallest absolute Gasteiger partial charge is 0.264 e. The summed E-state index contributed by atoms with van der Waals surface area (Å²) < 4.78 is 34.4. The first kappa shape index (κ1) is 30.7. The van der Waals surface area contributed by atoms with Crippen molar-refractivity contribution < 1.29 is 22.7 Å². The molecule has 0 saturated carbocycles. The molecule has 0 aliphatic carbocycles. The van der Waals surface area contributed by atoms with Crippen molar-refractivity contribution in [3.63, 3.8) is 0 Å². The fourth-order valence-electron chi connectivity index (χ4n) is 4.21. The van der Waals surface area contributed by atoms with Crippen molar-refractivity contribution in [3.05, 3.63) is 89.5 Å². The lowest BCUT2D eigenvalue weighted by Crippen LogP contribution is -2.52. The zero-order valence-corrected chi connectivity index (χ0v) is 24.9. The molecule has 9 heteroatoms. The van der Waals surface area contributed by atoms with Gasteiger partial charge in [-0.2, -0.15) is 0 Å². The number of hydrogen-bond acceptors (Lipinski definition) is 5. The van der Waals surface area contributed by atoms with Crippen molar-refractivity contribution in [1.82, 2.24) is 10.2 Å². The molecule has 3 aromatic rings. The predicted octanol–water partition coefficient (Wildman–Crippen LogP) is 4.84. The summed E-state index contributed by atoms with van der Waals surface area (Å²) in [6.45, 7) is 8.80. The Bertz CT molecular complexity index is 1420. The lowest BCUT2D eigenvalue weighted by atomic mass is 10.1. The third kappa shape index (κ3) is 7.41. The van der Waals surface area contributed by atoms with E-state index in [0.29, 0.717) is 17.0 Å². The fourth-order valence-corrected chi connectivity index (χ4v) is 5.69. The number of amides is 2. The van der Waals surface area contributed by atoms with Crippen LogP contribution in [0.25, 0.3) is 0 Å². The van der Waals surface area contributed by atoms with E-state index in [-0.39, 0.29) is 23.4 Å². The van der Waals surface area contributed by atoms with Crippen LogP contribution in [0.15, 0.2) is 77.7 Å². The molecule has 0 fully saturated rings. The summed E-state index contributed by atoms with van der Waals surface area (Å²) in [4.78, 5) is 28.7. The van der Waals surface area contributed by atoms with E-state index >= 15 is 0 Å². The molecule has 0 heterocycles. The molecule has 0 unspecified atom stereocenters. The largest absolute Gasteiger partial charge is 0.497 e. The zero-order chi connectivity index (χ0) is 29.4. The van der Waals surface area contributed by atoms with E-state index in [2.05, 4.69) is 5.32 Å². The van der Waals surface area contributed by atoms with Gasteiger partial charge in [-0.15, -0.1) is 0 Å². The van der Waals surface area contributed by atoms with E-state index in [1.165, 1.54) is 17.0 Å². The molecule has 0 saturated heterocycles. The molecule has 214 valence electrons. The molecule has 0 aromatic heterocycles. The van der Waals surface area contributed by atoms with Gasteiger partial charge in [0.2, 0.25) is 11.8 Å². The third-order valence-corrected chi connectivity index (χ3v) is 8.70. The number of methoxy groups -OCH3 is 1. The van der Waals surface area contributed by atoms with Crippen LogP contribution in [0.4, 0.5) is 5.69 Å². The first-order valence-electron chi connectivity index (χ1n) is 13.4. The minimum atomic E-state index is -4.11. The standard InChI is InChI=1S/C31H39N3O5S/c1-7-24(4)32-31(36)25(5)33(20-26-12-10-13-27(19-26)39-6)30(35)21-34(29-14-9-8-11-23(29)3)40(37,38)28-17-15-22(2)16-18-28/h8-19,24-25H,7,20-21H2,1-6H3,(H,32,36)/t24-,25-/m1/s1. The number of carbonyl (C=O) groups excluding carboxylic acids is 2. The predicted molar refractivity (Wildman–Crippen MR) is 158 cm³/mol. The van der Waals surface area contributed by atoms with Gasteiger partial charge in [0.05, 0.1) is 17.7 Å². The van der Waals surface area contributed by atoms with Gasteiger partial charge in [-0.3, -0.25) is 13.9 Å². The maximum Gasteiger partial charge on any atom is 0.264 e. The number of aryl methyl sites for hydroxylation is 2. The molecule has 3 rings (SSSR count). The summed E-state index contributed by atoms with van der Waals surface area (Å²) in [5.41, 5.74) is 2.77.